The highest BCUT2D eigenvalue weighted by atomic mass is 16.2. The van der Waals surface area contributed by atoms with Crippen LogP contribution in [0.4, 0.5) is 0 Å². The van der Waals surface area contributed by atoms with Gasteiger partial charge in [0.15, 0.2) is 0 Å². The Bertz CT molecular complexity index is 1370. The number of hydrogen-bond donors (Lipinski definition) is 0. The van der Waals surface area contributed by atoms with Crippen molar-refractivity contribution in [3.05, 3.63) is 130 Å². The summed E-state index contributed by atoms with van der Waals surface area (Å²) >= 11 is 0. The summed E-state index contributed by atoms with van der Waals surface area (Å²) in [5, 5.41) is 0. The molecule has 2 aliphatic rings. The second kappa shape index (κ2) is 8.43. The molecule has 6 rings (SSSR count). The number of rotatable bonds is 5. The molecule has 0 unspecified atom stereocenters. The summed E-state index contributed by atoms with van der Waals surface area (Å²) < 4.78 is 0. The number of carbonyl (C=O) groups excluding carboxylic acids is 4. The van der Waals surface area contributed by atoms with Crippen LogP contribution in [0.3, 0.4) is 0 Å². The molecule has 0 aromatic heterocycles. The van der Waals surface area contributed by atoms with Gasteiger partial charge in [0.25, 0.3) is 23.6 Å². The number of imide groups is 2. The molecule has 6 nitrogen and oxygen atoms in total. The smallest absolute Gasteiger partial charge is 0.261 e. The lowest BCUT2D eigenvalue weighted by molar-refractivity contribution is 0.0627. The topological polar surface area (TPSA) is 74.8 Å². The minimum Gasteiger partial charge on any atom is -0.270 e. The van der Waals surface area contributed by atoms with E-state index in [-0.39, 0.29) is 36.7 Å². The van der Waals surface area contributed by atoms with Gasteiger partial charge in [-0.05, 0) is 46.5 Å². The van der Waals surface area contributed by atoms with Crippen molar-refractivity contribution < 1.29 is 19.2 Å². The van der Waals surface area contributed by atoms with Crippen LogP contribution in [0.2, 0.25) is 0 Å². The Morgan fingerprint density at radius 2 is 0.667 bits per heavy atom. The van der Waals surface area contributed by atoms with E-state index in [0.29, 0.717) is 22.3 Å². The van der Waals surface area contributed by atoms with Crippen molar-refractivity contribution in [3.8, 4) is 11.1 Å². The highest BCUT2D eigenvalue weighted by Gasteiger charge is 2.36. The molecule has 174 valence electrons. The van der Waals surface area contributed by atoms with Crippen LogP contribution >= 0.6 is 0 Å². The quantitative estimate of drug-likeness (QED) is 0.386. The molecule has 4 aromatic rings. The van der Waals surface area contributed by atoms with E-state index in [4.69, 9.17) is 0 Å². The van der Waals surface area contributed by atoms with E-state index in [0.717, 1.165) is 22.3 Å². The lowest BCUT2D eigenvalue weighted by Crippen LogP contribution is -2.29. The van der Waals surface area contributed by atoms with Gasteiger partial charge in [0, 0.05) is 0 Å². The largest absolute Gasteiger partial charge is 0.270 e. The van der Waals surface area contributed by atoms with E-state index >= 15 is 0 Å². The first-order valence-electron chi connectivity index (χ1n) is 11.6. The second-order valence-corrected chi connectivity index (χ2v) is 8.88. The maximum absolute atomic E-state index is 12.6. The third-order valence-corrected chi connectivity index (χ3v) is 6.68. The first-order chi connectivity index (χ1) is 17.5. The van der Waals surface area contributed by atoms with Crippen molar-refractivity contribution >= 4 is 23.6 Å². The lowest BCUT2D eigenvalue weighted by Gasteiger charge is -2.15. The Kier molecular flexibility index (Phi) is 5.08. The van der Waals surface area contributed by atoms with Gasteiger partial charge in [-0.3, -0.25) is 29.0 Å². The van der Waals surface area contributed by atoms with Gasteiger partial charge in [0.05, 0.1) is 35.3 Å². The van der Waals surface area contributed by atoms with E-state index < -0.39 is 0 Å². The molecule has 0 bridgehead atoms. The zero-order valence-corrected chi connectivity index (χ0v) is 19.2. The minimum absolute atomic E-state index is 0.214. The van der Waals surface area contributed by atoms with E-state index in [2.05, 4.69) is 0 Å². The van der Waals surface area contributed by atoms with Crippen LogP contribution in [0.5, 0.6) is 0 Å². The molecule has 4 amide bonds. The van der Waals surface area contributed by atoms with E-state index in [1.165, 1.54) is 9.80 Å². The number of amides is 4. The predicted octanol–water partition coefficient (Wildman–Crippen LogP) is 4.95. The van der Waals surface area contributed by atoms with Gasteiger partial charge in [-0.15, -0.1) is 0 Å². The number of hydrogen-bond acceptors (Lipinski definition) is 4. The fraction of sp³-hybridized carbons (Fsp3) is 0.0667. The molecule has 36 heavy (non-hydrogen) atoms. The van der Waals surface area contributed by atoms with Gasteiger partial charge in [0.1, 0.15) is 0 Å². The molecule has 0 aliphatic carbocycles. The molecular weight excluding hydrogens is 452 g/mol. The first kappa shape index (κ1) is 21.7. The third kappa shape index (κ3) is 3.51. The fourth-order valence-corrected chi connectivity index (χ4v) is 4.74. The zero-order chi connectivity index (χ0) is 24.8. The maximum Gasteiger partial charge on any atom is 0.261 e. The van der Waals surface area contributed by atoms with Crippen molar-refractivity contribution in [2.75, 3.05) is 0 Å². The number of carbonyl (C=O) groups is 4. The van der Waals surface area contributed by atoms with Crippen LogP contribution in [0, 0.1) is 0 Å². The number of nitrogens with zero attached hydrogens (tertiary/aromatic N) is 2. The van der Waals surface area contributed by atoms with Gasteiger partial charge in [0.2, 0.25) is 0 Å². The molecule has 4 aromatic carbocycles. The van der Waals surface area contributed by atoms with Crippen LogP contribution in [-0.4, -0.2) is 33.4 Å². The Hall–Kier alpha value is -4.84. The molecular formula is C30H20N2O4. The van der Waals surface area contributed by atoms with E-state index in [1.54, 1.807) is 48.5 Å². The summed E-state index contributed by atoms with van der Waals surface area (Å²) in [6.45, 7) is 0.428. The average molecular weight is 473 g/mol. The van der Waals surface area contributed by atoms with E-state index in [9.17, 15) is 19.2 Å². The van der Waals surface area contributed by atoms with Crippen LogP contribution in [0.1, 0.15) is 52.6 Å². The normalized spacial score (nSPS) is 14.4. The van der Waals surface area contributed by atoms with Gasteiger partial charge >= 0.3 is 0 Å². The van der Waals surface area contributed by atoms with Crippen LogP contribution in [0.25, 0.3) is 11.1 Å². The molecule has 0 N–H and O–H groups in total. The molecule has 0 spiro atoms. The summed E-state index contributed by atoms with van der Waals surface area (Å²) in [5.74, 6) is -1.08. The average Bonchev–Trinajstić information content (AvgIpc) is 3.30. The van der Waals surface area contributed by atoms with Crippen molar-refractivity contribution in [3.63, 3.8) is 0 Å². The Labute approximate surface area is 207 Å². The molecule has 0 radical (unpaired) electrons. The van der Waals surface area contributed by atoms with Gasteiger partial charge < -0.3 is 0 Å². The molecule has 0 fully saturated rings. The molecule has 0 atom stereocenters. The maximum atomic E-state index is 12.6. The van der Waals surface area contributed by atoms with Crippen molar-refractivity contribution in [2.24, 2.45) is 0 Å². The number of benzene rings is 4. The Balaban J connectivity index is 1.14. The highest BCUT2D eigenvalue weighted by Crippen LogP contribution is 2.27. The van der Waals surface area contributed by atoms with Crippen molar-refractivity contribution in [2.45, 2.75) is 13.1 Å². The SMILES string of the molecule is O=C1c2ccccc2C(=O)N1Cc1ccc(-c2ccc(CN3C(=O)c4ccccc4C3=O)cc2)cc1. The van der Waals surface area contributed by atoms with Crippen LogP contribution in [0.15, 0.2) is 97.1 Å². The Morgan fingerprint density at radius 3 is 0.944 bits per heavy atom. The zero-order valence-electron chi connectivity index (χ0n) is 19.2. The lowest BCUT2D eigenvalue weighted by atomic mass is 10.0. The molecule has 0 saturated carbocycles. The highest BCUT2D eigenvalue weighted by molar-refractivity contribution is 6.22. The summed E-state index contributed by atoms with van der Waals surface area (Å²) in [7, 11) is 0. The van der Waals surface area contributed by atoms with Gasteiger partial charge in [-0.2, -0.15) is 0 Å². The van der Waals surface area contributed by atoms with Crippen LogP contribution < -0.4 is 0 Å². The molecule has 0 saturated heterocycles. The first-order valence-corrected chi connectivity index (χ1v) is 11.6. The molecule has 2 heterocycles. The predicted molar refractivity (Wildman–Crippen MR) is 133 cm³/mol. The molecule has 2 aliphatic heterocycles. The monoisotopic (exact) mass is 472 g/mol. The van der Waals surface area contributed by atoms with Crippen LogP contribution in [-0.2, 0) is 13.1 Å². The third-order valence-electron chi connectivity index (χ3n) is 6.68. The minimum atomic E-state index is -0.270. The van der Waals surface area contributed by atoms with Gasteiger partial charge in [-0.1, -0.05) is 72.8 Å². The summed E-state index contributed by atoms with van der Waals surface area (Å²) in [6, 6.07) is 29.2. The summed E-state index contributed by atoms with van der Waals surface area (Å²) in [6.07, 6.45) is 0. The summed E-state index contributed by atoms with van der Waals surface area (Å²) in [5.41, 5.74) is 5.45. The number of fused-ring (bicyclic) bond motifs is 2. The van der Waals surface area contributed by atoms with Crippen molar-refractivity contribution in [1.29, 1.82) is 0 Å². The van der Waals surface area contributed by atoms with Gasteiger partial charge in [-0.25, -0.2) is 0 Å². The summed E-state index contributed by atoms with van der Waals surface area (Å²) in [4.78, 5) is 53.0. The second-order valence-electron chi connectivity index (χ2n) is 8.88. The Morgan fingerprint density at radius 1 is 0.389 bits per heavy atom. The van der Waals surface area contributed by atoms with Crippen molar-refractivity contribution in [1.82, 2.24) is 9.80 Å². The fourth-order valence-electron chi connectivity index (χ4n) is 4.74. The van der Waals surface area contributed by atoms with E-state index in [1.807, 2.05) is 48.5 Å². The standard InChI is InChI=1S/C30H20N2O4/c33-27-23-5-1-2-6-24(23)28(34)31(27)17-19-9-13-21(14-10-19)22-15-11-20(12-16-22)18-32-29(35)25-7-3-4-8-26(25)30(32)36/h1-16H,17-18H2. The molecule has 6 heteroatoms.